The summed E-state index contributed by atoms with van der Waals surface area (Å²) in [5.74, 6) is 0.758. The zero-order valence-corrected chi connectivity index (χ0v) is 13.3. The molecule has 2 aliphatic heterocycles. The van der Waals surface area contributed by atoms with E-state index in [0.29, 0.717) is 37.8 Å². The van der Waals surface area contributed by atoms with E-state index in [-0.39, 0.29) is 11.8 Å². The Balaban J connectivity index is 1.81. The predicted octanol–water partition coefficient (Wildman–Crippen LogP) is 0.833. The number of amides is 2. The zero-order valence-electron chi connectivity index (χ0n) is 13.3. The van der Waals surface area contributed by atoms with Crippen LogP contribution in [0.2, 0.25) is 0 Å². The molecule has 0 aromatic heterocycles. The molecule has 2 fully saturated rings. The molecular formula is C15H26N4O2. The van der Waals surface area contributed by atoms with E-state index in [1.807, 2.05) is 0 Å². The van der Waals surface area contributed by atoms with Crippen molar-refractivity contribution in [3.63, 3.8) is 0 Å². The van der Waals surface area contributed by atoms with Crippen molar-refractivity contribution in [3.8, 4) is 0 Å². The molecular weight excluding hydrogens is 268 g/mol. The van der Waals surface area contributed by atoms with E-state index in [1.165, 1.54) is 4.90 Å². The minimum absolute atomic E-state index is 0.0506. The maximum atomic E-state index is 11.7. The van der Waals surface area contributed by atoms with Crippen LogP contribution >= 0.6 is 0 Å². The number of likely N-dealkylation sites (tertiary alicyclic amines) is 2. The number of hydrogen-bond donors (Lipinski definition) is 1. The molecule has 0 aliphatic carbocycles. The summed E-state index contributed by atoms with van der Waals surface area (Å²) < 4.78 is 0. The zero-order chi connectivity index (χ0) is 15.5. The summed E-state index contributed by atoms with van der Waals surface area (Å²) >= 11 is 0. The van der Waals surface area contributed by atoms with Crippen molar-refractivity contribution in [2.24, 2.45) is 10.4 Å². The number of nitrogens with zero attached hydrogens (tertiary/aromatic N) is 3. The Kier molecular flexibility index (Phi) is 4.85. The van der Waals surface area contributed by atoms with Gasteiger partial charge < -0.3 is 10.2 Å². The summed E-state index contributed by atoms with van der Waals surface area (Å²) in [4.78, 5) is 31.4. The Morgan fingerprint density at radius 2 is 1.95 bits per heavy atom. The molecule has 2 rings (SSSR count). The first-order valence-electron chi connectivity index (χ1n) is 7.72. The third-order valence-electron chi connectivity index (χ3n) is 4.19. The second kappa shape index (κ2) is 6.45. The van der Waals surface area contributed by atoms with E-state index >= 15 is 0 Å². The Morgan fingerprint density at radius 1 is 1.29 bits per heavy atom. The Labute approximate surface area is 126 Å². The molecule has 2 amide bonds. The number of nitrogens with one attached hydrogen (secondary N) is 1. The first-order valence-corrected chi connectivity index (χ1v) is 7.72. The largest absolute Gasteiger partial charge is 0.354 e. The van der Waals surface area contributed by atoms with Crippen LogP contribution in [0.15, 0.2) is 4.99 Å². The van der Waals surface area contributed by atoms with Gasteiger partial charge in [0.05, 0.1) is 0 Å². The molecule has 2 heterocycles. The van der Waals surface area contributed by atoms with Crippen LogP contribution in [-0.2, 0) is 9.59 Å². The number of hydrogen-bond acceptors (Lipinski definition) is 3. The first kappa shape index (κ1) is 15.8. The van der Waals surface area contributed by atoms with Crippen molar-refractivity contribution < 1.29 is 9.59 Å². The minimum atomic E-state index is -0.0506. The third kappa shape index (κ3) is 3.95. The maximum absolute atomic E-state index is 11.7. The van der Waals surface area contributed by atoms with E-state index in [9.17, 15) is 9.59 Å². The lowest BCUT2D eigenvalue weighted by Gasteiger charge is -2.27. The van der Waals surface area contributed by atoms with Crippen molar-refractivity contribution in [1.29, 1.82) is 0 Å². The Hall–Kier alpha value is -1.59. The molecule has 0 atom stereocenters. The van der Waals surface area contributed by atoms with E-state index in [0.717, 1.165) is 25.5 Å². The number of imide groups is 1. The smallest absolute Gasteiger partial charge is 0.229 e. The van der Waals surface area contributed by atoms with Crippen LogP contribution in [0, 0.1) is 5.41 Å². The fraction of sp³-hybridized carbons (Fsp3) is 0.800. The Bertz CT molecular complexity index is 429. The maximum Gasteiger partial charge on any atom is 0.229 e. The first-order chi connectivity index (χ1) is 9.93. The van der Waals surface area contributed by atoms with Gasteiger partial charge in [0.15, 0.2) is 5.96 Å². The summed E-state index contributed by atoms with van der Waals surface area (Å²) in [6.07, 6.45) is 2.81. The average molecular weight is 294 g/mol. The number of carbonyl (C=O) groups excluding carboxylic acids is 2. The van der Waals surface area contributed by atoms with Crippen LogP contribution in [0.3, 0.4) is 0 Å². The molecule has 118 valence electrons. The van der Waals surface area contributed by atoms with Gasteiger partial charge in [0.25, 0.3) is 0 Å². The quantitative estimate of drug-likeness (QED) is 0.476. The molecule has 0 spiro atoms. The number of rotatable bonds is 3. The molecule has 2 saturated heterocycles. The van der Waals surface area contributed by atoms with Gasteiger partial charge >= 0.3 is 0 Å². The van der Waals surface area contributed by atoms with Crippen LogP contribution in [0.25, 0.3) is 0 Å². The van der Waals surface area contributed by atoms with Gasteiger partial charge in [-0.1, -0.05) is 13.8 Å². The summed E-state index contributed by atoms with van der Waals surface area (Å²) in [5, 5.41) is 3.27. The van der Waals surface area contributed by atoms with Crippen LogP contribution in [-0.4, -0.2) is 60.8 Å². The van der Waals surface area contributed by atoms with Crippen molar-refractivity contribution in [2.75, 3.05) is 33.2 Å². The van der Waals surface area contributed by atoms with Crippen LogP contribution in [0.4, 0.5) is 0 Å². The molecule has 0 radical (unpaired) electrons. The van der Waals surface area contributed by atoms with Crippen molar-refractivity contribution in [2.45, 2.75) is 39.5 Å². The lowest BCUT2D eigenvalue weighted by molar-refractivity contribution is -0.147. The average Bonchev–Trinajstić information content (AvgIpc) is 2.78. The highest BCUT2D eigenvalue weighted by atomic mass is 16.2. The van der Waals surface area contributed by atoms with Crippen molar-refractivity contribution >= 4 is 17.8 Å². The van der Waals surface area contributed by atoms with E-state index < -0.39 is 0 Å². The van der Waals surface area contributed by atoms with Gasteiger partial charge in [0.1, 0.15) is 0 Å². The highest BCUT2D eigenvalue weighted by molar-refractivity contribution is 5.97. The normalized spacial score (nSPS) is 22.9. The fourth-order valence-corrected chi connectivity index (χ4v) is 2.95. The van der Waals surface area contributed by atoms with E-state index in [2.05, 4.69) is 29.1 Å². The van der Waals surface area contributed by atoms with E-state index in [4.69, 9.17) is 0 Å². The summed E-state index contributed by atoms with van der Waals surface area (Å²) in [6.45, 7) is 7.47. The standard InChI is InChI=1S/C15H26N4O2/c1-15(2)7-9-18(11-15)14(16-3)17-8-10-19-12(20)5-4-6-13(19)21/h4-11H2,1-3H3,(H,16,17). The topological polar surface area (TPSA) is 65.0 Å². The fourth-order valence-electron chi connectivity index (χ4n) is 2.95. The van der Waals surface area contributed by atoms with Crippen molar-refractivity contribution in [3.05, 3.63) is 0 Å². The number of carbonyl (C=O) groups is 2. The van der Waals surface area contributed by atoms with Crippen LogP contribution < -0.4 is 5.32 Å². The lowest BCUT2D eigenvalue weighted by Crippen LogP contribution is -2.47. The number of piperidine rings is 1. The van der Waals surface area contributed by atoms with Gasteiger partial charge in [0.2, 0.25) is 11.8 Å². The van der Waals surface area contributed by atoms with Gasteiger partial charge in [-0.25, -0.2) is 0 Å². The number of aliphatic imine (C=N–C) groups is 1. The monoisotopic (exact) mass is 294 g/mol. The van der Waals surface area contributed by atoms with Gasteiger partial charge in [0, 0.05) is 46.1 Å². The van der Waals surface area contributed by atoms with Crippen LogP contribution in [0.5, 0.6) is 0 Å². The number of guanidine groups is 1. The molecule has 0 bridgehead atoms. The highest BCUT2D eigenvalue weighted by Gasteiger charge is 2.31. The highest BCUT2D eigenvalue weighted by Crippen LogP contribution is 2.28. The predicted molar refractivity (Wildman–Crippen MR) is 81.9 cm³/mol. The Morgan fingerprint density at radius 3 is 2.48 bits per heavy atom. The summed E-state index contributed by atoms with van der Waals surface area (Å²) in [7, 11) is 1.77. The molecule has 0 aromatic carbocycles. The molecule has 0 saturated carbocycles. The van der Waals surface area contributed by atoms with Gasteiger partial charge in [-0.3, -0.25) is 19.5 Å². The minimum Gasteiger partial charge on any atom is -0.354 e. The molecule has 2 aliphatic rings. The summed E-state index contributed by atoms with van der Waals surface area (Å²) in [6, 6.07) is 0. The third-order valence-corrected chi connectivity index (χ3v) is 4.19. The van der Waals surface area contributed by atoms with Gasteiger partial charge in [-0.2, -0.15) is 0 Å². The molecule has 6 heteroatoms. The van der Waals surface area contributed by atoms with Crippen LogP contribution in [0.1, 0.15) is 39.5 Å². The molecule has 1 N–H and O–H groups in total. The summed E-state index contributed by atoms with van der Waals surface area (Å²) in [5.41, 5.74) is 0.316. The van der Waals surface area contributed by atoms with Gasteiger partial charge in [-0.15, -0.1) is 0 Å². The van der Waals surface area contributed by atoms with Crippen molar-refractivity contribution in [1.82, 2.24) is 15.1 Å². The molecule has 0 aromatic rings. The lowest BCUT2D eigenvalue weighted by atomic mass is 9.93. The van der Waals surface area contributed by atoms with Gasteiger partial charge in [-0.05, 0) is 18.3 Å². The molecule has 6 nitrogen and oxygen atoms in total. The SMILES string of the molecule is CN=C(NCCN1C(=O)CCCC1=O)N1CCC(C)(C)C1. The second-order valence-corrected chi connectivity index (χ2v) is 6.60. The van der Waals surface area contributed by atoms with E-state index in [1.54, 1.807) is 7.05 Å². The molecule has 21 heavy (non-hydrogen) atoms. The second-order valence-electron chi connectivity index (χ2n) is 6.60. The molecule has 0 unspecified atom stereocenters.